The van der Waals surface area contributed by atoms with Gasteiger partial charge >= 0.3 is 5.69 Å². The second-order valence-electron chi connectivity index (χ2n) is 5.43. The molecule has 2 aromatic carbocycles. The predicted octanol–water partition coefficient (Wildman–Crippen LogP) is 3.52. The number of nitrogen functional groups attached to an aromatic ring is 1. The second-order valence-corrected chi connectivity index (χ2v) is 5.43. The van der Waals surface area contributed by atoms with Gasteiger partial charge in [-0.3, -0.25) is 10.1 Å². The topological polar surface area (TPSA) is 133 Å². The van der Waals surface area contributed by atoms with E-state index in [4.69, 9.17) is 10.2 Å². The van der Waals surface area contributed by atoms with E-state index in [0.29, 0.717) is 33.9 Å². The van der Waals surface area contributed by atoms with E-state index in [1.807, 2.05) is 18.2 Å². The van der Waals surface area contributed by atoms with Gasteiger partial charge in [0.25, 0.3) is 0 Å². The fourth-order valence-electron chi connectivity index (χ4n) is 2.51. The van der Waals surface area contributed by atoms with Crippen molar-refractivity contribution in [2.24, 2.45) is 0 Å². The first-order valence-corrected chi connectivity index (χ1v) is 7.59. The van der Waals surface area contributed by atoms with Crippen LogP contribution in [-0.4, -0.2) is 19.9 Å². The van der Waals surface area contributed by atoms with Crippen LogP contribution in [0.3, 0.4) is 0 Å². The molecule has 26 heavy (non-hydrogen) atoms. The third-order valence-corrected chi connectivity index (χ3v) is 3.71. The molecule has 2 aromatic heterocycles. The minimum absolute atomic E-state index is 0.0622. The smallest absolute Gasteiger partial charge is 0.329 e. The van der Waals surface area contributed by atoms with Gasteiger partial charge in [0.15, 0.2) is 5.58 Å². The van der Waals surface area contributed by atoms with Gasteiger partial charge in [0.1, 0.15) is 18.0 Å². The Morgan fingerprint density at radius 1 is 1.19 bits per heavy atom. The molecule has 0 aliphatic heterocycles. The monoisotopic (exact) mass is 348 g/mol. The van der Waals surface area contributed by atoms with E-state index in [2.05, 4.69) is 20.3 Å². The van der Waals surface area contributed by atoms with Crippen LogP contribution in [0.2, 0.25) is 0 Å². The zero-order valence-corrected chi connectivity index (χ0v) is 13.3. The Morgan fingerprint density at radius 2 is 2.04 bits per heavy atom. The summed E-state index contributed by atoms with van der Waals surface area (Å²) in [7, 11) is 0. The van der Waals surface area contributed by atoms with Crippen LogP contribution in [0.25, 0.3) is 22.6 Å². The highest BCUT2D eigenvalue weighted by molar-refractivity contribution is 5.84. The molecular weight excluding hydrogens is 336 g/mol. The van der Waals surface area contributed by atoms with E-state index >= 15 is 0 Å². The third kappa shape index (κ3) is 2.77. The Bertz CT molecular complexity index is 1090. The van der Waals surface area contributed by atoms with Crippen LogP contribution in [0.1, 0.15) is 0 Å². The number of hydrogen-bond donors (Lipinski definition) is 2. The zero-order valence-electron chi connectivity index (χ0n) is 13.3. The molecule has 0 spiro atoms. The molecule has 0 saturated carbocycles. The van der Waals surface area contributed by atoms with Gasteiger partial charge < -0.3 is 15.5 Å². The Labute approximate surface area is 146 Å². The summed E-state index contributed by atoms with van der Waals surface area (Å²) in [5, 5.41) is 14.1. The first-order chi connectivity index (χ1) is 12.6. The highest BCUT2D eigenvalue weighted by atomic mass is 16.6. The molecule has 0 fully saturated rings. The number of anilines is 3. The zero-order chi connectivity index (χ0) is 18.1. The maximum absolute atomic E-state index is 11.2. The van der Waals surface area contributed by atoms with Gasteiger partial charge in [0.2, 0.25) is 11.7 Å². The maximum atomic E-state index is 11.2. The van der Waals surface area contributed by atoms with Gasteiger partial charge in [0.05, 0.1) is 16.2 Å². The lowest BCUT2D eigenvalue weighted by Crippen LogP contribution is -2.02. The Balaban J connectivity index is 1.82. The molecule has 0 atom stereocenters. The van der Waals surface area contributed by atoms with Crippen molar-refractivity contribution in [3.8, 4) is 11.5 Å². The summed E-state index contributed by atoms with van der Waals surface area (Å²) in [5.41, 5.74) is 8.57. The maximum Gasteiger partial charge on any atom is 0.329 e. The Hall–Kier alpha value is -4.01. The van der Waals surface area contributed by atoms with Crippen LogP contribution in [-0.2, 0) is 0 Å². The van der Waals surface area contributed by atoms with Gasteiger partial charge in [-0.15, -0.1) is 0 Å². The second kappa shape index (κ2) is 6.13. The van der Waals surface area contributed by atoms with Crippen molar-refractivity contribution in [1.82, 2.24) is 15.0 Å². The van der Waals surface area contributed by atoms with Crippen LogP contribution < -0.4 is 11.1 Å². The SMILES string of the molecule is Nc1ccc(Nc2ncncc2[N+](=O)[O-])c(-c2nc3ccccc3o2)c1. The van der Waals surface area contributed by atoms with Crippen molar-refractivity contribution in [2.75, 3.05) is 11.1 Å². The highest BCUT2D eigenvalue weighted by Crippen LogP contribution is 2.34. The number of para-hydroxylation sites is 2. The standard InChI is InChI=1S/C17H12N6O3/c18-10-5-6-12(21-16-14(23(24)25)8-19-9-20-16)11(7-10)17-22-13-3-1-2-4-15(13)26-17/h1-9H,18H2,(H,19,20,21). The van der Waals surface area contributed by atoms with E-state index in [-0.39, 0.29) is 11.5 Å². The molecule has 9 nitrogen and oxygen atoms in total. The van der Waals surface area contributed by atoms with Crippen molar-refractivity contribution in [3.63, 3.8) is 0 Å². The Kier molecular flexibility index (Phi) is 3.66. The van der Waals surface area contributed by atoms with Crippen LogP contribution in [0, 0.1) is 10.1 Å². The van der Waals surface area contributed by atoms with E-state index < -0.39 is 4.92 Å². The molecule has 0 bridgehead atoms. The molecule has 0 aliphatic carbocycles. The summed E-state index contributed by atoms with van der Waals surface area (Å²) in [6.45, 7) is 0. The third-order valence-electron chi connectivity index (χ3n) is 3.71. The molecule has 4 rings (SSSR count). The van der Waals surface area contributed by atoms with Gasteiger partial charge in [-0.05, 0) is 30.3 Å². The molecule has 3 N–H and O–H groups in total. The van der Waals surface area contributed by atoms with E-state index in [0.717, 1.165) is 6.20 Å². The van der Waals surface area contributed by atoms with Gasteiger partial charge in [0, 0.05) is 5.69 Å². The van der Waals surface area contributed by atoms with E-state index in [1.54, 1.807) is 24.3 Å². The molecule has 0 amide bonds. The fraction of sp³-hybridized carbons (Fsp3) is 0. The number of nitrogens with zero attached hydrogens (tertiary/aromatic N) is 4. The van der Waals surface area contributed by atoms with Crippen LogP contribution in [0.5, 0.6) is 0 Å². The summed E-state index contributed by atoms with van der Waals surface area (Å²) in [5.74, 6) is 0.407. The number of rotatable bonds is 4. The number of hydrogen-bond acceptors (Lipinski definition) is 8. The van der Waals surface area contributed by atoms with Crippen molar-refractivity contribution in [3.05, 3.63) is 65.1 Å². The quantitative estimate of drug-likeness (QED) is 0.325. The lowest BCUT2D eigenvalue weighted by Gasteiger charge is -2.10. The average Bonchev–Trinajstić information content (AvgIpc) is 3.07. The van der Waals surface area contributed by atoms with Crippen molar-refractivity contribution < 1.29 is 9.34 Å². The van der Waals surface area contributed by atoms with Crippen LogP contribution in [0.4, 0.5) is 22.9 Å². The summed E-state index contributed by atoms with van der Waals surface area (Å²) in [4.78, 5) is 22.7. The molecular formula is C17H12N6O3. The summed E-state index contributed by atoms with van der Waals surface area (Å²) >= 11 is 0. The van der Waals surface area contributed by atoms with Crippen LogP contribution in [0.15, 0.2) is 59.4 Å². The Morgan fingerprint density at radius 3 is 2.85 bits per heavy atom. The minimum atomic E-state index is -0.557. The molecule has 0 saturated heterocycles. The molecule has 4 aromatic rings. The number of nitrogens with one attached hydrogen (secondary N) is 1. The van der Waals surface area contributed by atoms with Crippen molar-refractivity contribution >= 4 is 34.0 Å². The molecule has 0 radical (unpaired) electrons. The van der Waals surface area contributed by atoms with Gasteiger partial charge in [-0.1, -0.05) is 12.1 Å². The lowest BCUT2D eigenvalue weighted by atomic mass is 10.1. The average molecular weight is 348 g/mol. The first-order valence-electron chi connectivity index (χ1n) is 7.59. The number of benzene rings is 2. The fourth-order valence-corrected chi connectivity index (χ4v) is 2.51. The molecule has 0 unspecified atom stereocenters. The lowest BCUT2D eigenvalue weighted by molar-refractivity contribution is -0.384. The number of nitrogens with two attached hydrogens (primary N) is 1. The van der Waals surface area contributed by atoms with E-state index in [9.17, 15) is 10.1 Å². The minimum Gasteiger partial charge on any atom is -0.436 e. The number of aromatic nitrogens is 3. The predicted molar refractivity (Wildman–Crippen MR) is 95.8 cm³/mol. The normalized spacial score (nSPS) is 10.8. The molecule has 9 heteroatoms. The summed E-state index contributed by atoms with van der Waals surface area (Å²) in [6.07, 6.45) is 2.36. The number of nitro groups is 1. The van der Waals surface area contributed by atoms with Crippen LogP contribution >= 0.6 is 0 Å². The summed E-state index contributed by atoms with van der Waals surface area (Å²) < 4.78 is 5.79. The number of oxazole rings is 1. The highest BCUT2D eigenvalue weighted by Gasteiger charge is 2.19. The van der Waals surface area contributed by atoms with Gasteiger partial charge in [-0.2, -0.15) is 0 Å². The molecule has 0 aliphatic rings. The number of fused-ring (bicyclic) bond motifs is 1. The van der Waals surface area contributed by atoms with Gasteiger partial charge in [-0.25, -0.2) is 15.0 Å². The first kappa shape index (κ1) is 15.5. The van der Waals surface area contributed by atoms with Crippen molar-refractivity contribution in [2.45, 2.75) is 0 Å². The largest absolute Gasteiger partial charge is 0.436 e. The van der Waals surface area contributed by atoms with E-state index in [1.165, 1.54) is 6.33 Å². The summed E-state index contributed by atoms with van der Waals surface area (Å²) in [6, 6.07) is 12.4. The molecule has 128 valence electrons. The molecule has 2 heterocycles. The van der Waals surface area contributed by atoms with Crippen molar-refractivity contribution in [1.29, 1.82) is 0 Å².